The number of nitrogens with two attached hydrogens (primary N) is 1. The van der Waals surface area contributed by atoms with Crippen molar-refractivity contribution in [2.75, 3.05) is 26.2 Å². The molecule has 0 fully saturated rings. The molecule has 0 radical (unpaired) electrons. The van der Waals surface area contributed by atoms with E-state index in [-0.39, 0.29) is 0 Å². The molecule has 0 aliphatic heterocycles. The van der Waals surface area contributed by atoms with Crippen molar-refractivity contribution in [1.29, 1.82) is 0 Å². The highest BCUT2D eigenvalue weighted by atomic mass is 19.4. The highest BCUT2D eigenvalue weighted by molar-refractivity contribution is 5.84. The number of primary amides is 1. The highest BCUT2D eigenvalue weighted by Crippen LogP contribution is 2.18. The van der Waals surface area contributed by atoms with Gasteiger partial charge in [-0.3, -0.25) is 9.69 Å². The number of halogens is 3. The molecule has 1 unspecified atom stereocenters. The Kier molecular flexibility index (Phi) is 8.12. The van der Waals surface area contributed by atoms with Crippen molar-refractivity contribution in [1.82, 2.24) is 10.2 Å². The summed E-state index contributed by atoms with van der Waals surface area (Å²) in [6.07, 6.45) is -2.42. The molecule has 0 saturated carbocycles. The fraction of sp³-hybridized carbons (Fsp3) is 0.923. The van der Waals surface area contributed by atoms with Crippen LogP contribution in [0.25, 0.3) is 0 Å². The second kappa shape index (κ2) is 8.46. The zero-order valence-electron chi connectivity index (χ0n) is 12.5. The van der Waals surface area contributed by atoms with Crippen LogP contribution in [0, 0.1) is 0 Å². The van der Waals surface area contributed by atoms with Crippen LogP contribution < -0.4 is 11.1 Å². The standard InChI is InChI=1S/C13H26F3N3O/c1-4-8-18-12(3,11(17)20)7-6-9-19(5-2)10-13(14,15)16/h18H,4-10H2,1-3H3,(H2,17,20). The Bertz CT molecular complexity index is 297. The predicted molar refractivity (Wildman–Crippen MR) is 73.3 cm³/mol. The first-order valence-electron chi connectivity index (χ1n) is 6.98. The van der Waals surface area contributed by atoms with Gasteiger partial charge in [-0.1, -0.05) is 13.8 Å². The number of nitrogens with zero attached hydrogens (tertiary/aromatic N) is 1. The van der Waals surface area contributed by atoms with Crippen molar-refractivity contribution in [2.45, 2.75) is 51.7 Å². The van der Waals surface area contributed by atoms with Crippen molar-refractivity contribution in [3.63, 3.8) is 0 Å². The number of hydrogen-bond acceptors (Lipinski definition) is 3. The van der Waals surface area contributed by atoms with E-state index in [1.54, 1.807) is 13.8 Å². The van der Waals surface area contributed by atoms with E-state index in [0.717, 1.165) is 6.42 Å². The lowest BCUT2D eigenvalue weighted by atomic mass is 9.94. The molecule has 0 heterocycles. The Balaban J connectivity index is 4.31. The van der Waals surface area contributed by atoms with Crippen LogP contribution in [0.1, 0.15) is 40.0 Å². The molecular formula is C13H26F3N3O. The zero-order valence-corrected chi connectivity index (χ0v) is 12.5. The molecule has 0 spiro atoms. The van der Waals surface area contributed by atoms with Gasteiger partial charge in [-0.15, -0.1) is 0 Å². The fourth-order valence-corrected chi connectivity index (χ4v) is 1.96. The Labute approximate surface area is 118 Å². The van der Waals surface area contributed by atoms with Gasteiger partial charge in [0.05, 0.1) is 12.1 Å². The second-order valence-electron chi connectivity index (χ2n) is 5.21. The third-order valence-electron chi connectivity index (χ3n) is 3.31. The van der Waals surface area contributed by atoms with Crippen LogP contribution in [0.5, 0.6) is 0 Å². The lowest BCUT2D eigenvalue weighted by Gasteiger charge is -2.29. The summed E-state index contributed by atoms with van der Waals surface area (Å²) in [5.74, 6) is -0.468. The van der Waals surface area contributed by atoms with Gasteiger partial charge in [0.15, 0.2) is 0 Å². The summed E-state index contributed by atoms with van der Waals surface area (Å²) < 4.78 is 37.0. The first kappa shape index (κ1) is 19.2. The van der Waals surface area contributed by atoms with Gasteiger partial charge in [0.25, 0.3) is 0 Å². The Morgan fingerprint density at radius 3 is 2.30 bits per heavy atom. The number of rotatable bonds is 10. The number of carbonyl (C=O) groups excluding carboxylic acids is 1. The molecule has 0 aliphatic carbocycles. The van der Waals surface area contributed by atoms with Gasteiger partial charge in [-0.2, -0.15) is 13.2 Å². The van der Waals surface area contributed by atoms with E-state index in [4.69, 9.17) is 5.73 Å². The summed E-state index contributed by atoms with van der Waals surface area (Å²) in [4.78, 5) is 12.8. The molecule has 7 heteroatoms. The summed E-state index contributed by atoms with van der Waals surface area (Å²) in [6, 6.07) is 0. The topological polar surface area (TPSA) is 58.4 Å². The number of hydrogen-bond donors (Lipinski definition) is 2. The molecule has 20 heavy (non-hydrogen) atoms. The van der Waals surface area contributed by atoms with Gasteiger partial charge in [0.1, 0.15) is 0 Å². The molecule has 0 aromatic carbocycles. The minimum Gasteiger partial charge on any atom is -0.368 e. The number of carbonyl (C=O) groups is 1. The maximum absolute atomic E-state index is 12.3. The van der Waals surface area contributed by atoms with E-state index in [9.17, 15) is 18.0 Å². The zero-order chi connectivity index (χ0) is 15.8. The monoisotopic (exact) mass is 297 g/mol. The molecule has 0 bridgehead atoms. The van der Waals surface area contributed by atoms with Crippen LogP contribution in [0.15, 0.2) is 0 Å². The van der Waals surface area contributed by atoms with Gasteiger partial charge >= 0.3 is 6.18 Å². The van der Waals surface area contributed by atoms with E-state index in [2.05, 4.69) is 5.32 Å². The SMILES string of the molecule is CCCNC(C)(CCCN(CC)CC(F)(F)F)C(N)=O. The number of amides is 1. The first-order valence-corrected chi connectivity index (χ1v) is 6.98. The first-order chi connectivity index (χ1) is 9.14. The van der Waals surface area contributed by atoms with Gasteiger partial charge in [-0.25, -0.2) is 0 Å². The van der Waals surface area contributed by atoms with Crippen LogP contribution in [-0.4, -0.2) is 48.7 Å². The van der Waals surface area contributed by atoms with Crippen molar-refractivity contribution < 1.29 is 18.0 Å². The molecule has 0 aromatic rings. The lowest BCUT2D eigenvalue weighted by molar-refractivity contribution is -0.145. The van der Waals surface area contributed by atoms with E-state index >= 15 is 0 Å². The molecule has 4 nitrogen and oxygen atoms in total. The average molecular weight is 297 g/mol. The quantitative estimate of drug-likeness (QED) is 0.647. The average Bonchev–Trinajstić information content (AvgIpc) is 2.33. The lowest BCUT2D eigenvalue weighted by Crippen LogP contribution is -2.53. The molecule has 0 aromatic heterocycles. The van der Waals surface area contributed by atoms with Gasteiger partial charge in [0.2, 0.25) is 5.91 Å². The van der Waals surface area contributed by atoms with Gasteiger partial charge in [-0.05, 0) is 45.8 Å². The summed E-state index contributed by atoms with van der Waals surface area (Å²) >= 11 is 0. The smallest absolute Gasteiger partial charge is 0.368 e. The molecule has 0 rings (SSSR count). The summed E-state index contributed by atoms with van der Waals surface area (Å²) in [5, 5.41) is 3.07. The minimum atomic E-state index is -4.19. The van der Waals surface area contributed by atoms with Crippen LogP contribution in [-0.2, 0) is 4.79 Å². The maximum atomic E-state index is 12.3. The summed E-state index contributed by atoms with van der Waals surface area (Å²) in [5.41, 5.74) is 4.51. The second-order valence-corrected chi connectivity index (χ2v) is 5.21. The molecule has 0 aliphatic rings. The van der Waals surface area contributed by atoms with Crippen LogP contribution >= 0.6 is 0 Å². The number of nitrogens with one attached hydrogen (secondary N) is 1. The normalized spacial score (nSPS) is 15.3. The Morgan fingerprint density at radius 1 is 1.30 bits per heavy atom. The maximum Gasteiger partial charge on any atom is 0.401 e. The van der Waals surface area contributed by atoms with E-state index in [1.807, 2.05) is 6.92 Å². The third-order valence-corrected chi connectivity index (χ3v) is 3.31. The summed E-state index contributed by atoms with van der Waals surface area (Å²) in [7, 11) is 0. The van der Waals surface area contributed by atoms with Crippen LogP contribution in [0.2, 0.25) is 0 Å². The predicted octanol–water partition coefficient (Wildman–Crippen LogP) is 1.89. The minimum absolute atomic E-state index is 0.298. The molecule has 1 amide bonds. The van der Waals surface area contributed by atoms with Crippen molar-refractivity contribution in [3.8, 4) is 0 Å². The van der Waals surface area contributed by atoms with Gasteiger partial charge in [0, 0.05) is 0 Å². The third kappa shape index (κ3) is 7.69. The molecule has 120 valence electrons. The van der Waals surface area contributed by atoms with Crippen LogP contribution in [0.4, 0.5) is 13.2 Å². The Morgan fingerprint density at radius 2 is 1.90 bits per heavy atom. The fourth-order valence-electron chi connectivity index (χ4n) is 1.96. The largest absolute Gasteiger partial charge is 0.401 e. The number of alkyl halides is 3. The van der Waals surface area contributed by atoms with Gasteiger partial charge < -0.3 is 11.1 Å². The van der Waals surface area contributed by atoms with E-state index in [0.29, 0.717) is 32.5 Å². The van der Waals surface area contributed by atoms with E-state index < -0.39 is 24.2 Å². The summed E-state index contributed by atoms with van der Waals surface area (Å²) in [6.45, 7) is 5.72. The molecule has 3 N–H and O–H groups in total. The molecular weight excluding hydrogens is 271 g/mol. The molecule has 1 atom stereocenters. The van der Waals surface area contributed by atoms with Crippen molar-refractivity contribution >= 4 is 5.91 Å². The van der Waals surface area contributed by atoms with Crippen molar-refractivity contribution in [3.05, 3.63) is 0 Å². The highest BCUT2D eigenvalue weighted by Gasteiger charge is 2.32. The van der Waals surface area contributed by atoms with E-state index in [1.165, 1.54) is 4.90 Å². The van der Waals surface area contributed by atoms with Crippen LogP contribution in [0.3, 0.4) is 0 Å². The van der Waals surface area contributed by atoms with Crippen molar-refractivity contribution in [2.24, 2.45) is 5.73 Å². The Hall–Kier alpha value is -0.820. The molecule has 0 saturated heterocycles.